The Labute approximate surface area is 213 Å². The summed E-state index contributed by atoms with van der Waals surface area (Å²) in [5.41, 5.74) is 2.78. The summed E-state index contributed by atoms with van der Waals surface area (Å²) in [5.74, 6) is 3.04. The van der Waals surface area contributed by atoms with Crippen molar-refractivity contribution in [3.63, 3.8) is 0 Å². The van der Waals surface area contributed by atoms with Gasteiger partial charge in [-0.2, -0.15) is 0 Å². The van der Waals surface area contributed by atoms with E-state index in [2.05, 4.69) is 64.1 Å². The molecule has 35 heavy (non-hydrogen) atoms. The van der Waals surface area contributed by atoms with Crippen molar-refractivity contribution in [2.45, 2.75) is 98.7 Å². The number of carbonyl (C=O) groups is 1. The highest BCUT2D eigenvalue weighted by Crippen LogP contribution is 2.67. The van der Waals surface area contributed by atoms with Crippen molar-refractivity contribution in [1.82, 2.24) is 0 Å². The Morgan fingerprint density at radius 3 is 2.49 bits per heavy atom. The molecule has 7 unspecified atom stereocenters. The molecule has 0 spiro atoms. The molecular weight excluding hydrogens is 432 g/mol. The summed E-state index contributed by atoms with van der Waals surface area (Å²) in [6.07, 6.45) is 12.8. The Kier molecular flexibility index (Phi) is 6.70. The number of esters is 1. The van der Waals surface area contributed by atoms with Crippen LogP contribution < -0.4 is 0 Å². The zero-order valence-corrected chi connectivity index (χ0v) is 22.6. The van der Waals surface area contributed by atoms with Crippen molar-refractivity contribution in [2.75, 3.05) is 6.61 Å². The molecule has 0 saturated heterocycles. The molecule has 7 atom stereocenters. The molecule has 0 radical (unpaired) electrons. The predicted molar refractivity (Wildman–Crippen MR) is 141 cm³/mol. The first kappa shape index (κ1) is 25.1. The van der Waals surface area contributed by atoms with E-state index in [9.17, 15) is 4.79 Å². The molecule has 3 fully saturated rings. The van der Waals surface area contributed by atoms with Crippen LogP contribution in [-0.4, -0.2) is 18.7 Å². The smallest absolute Gasteiger partial charge is 0.315 e. The number of hydrogen-bond donors (Lipinski definition) is 0. The second-order valence-corrected chi connectivity index (χ2v) is 13.0. The Morgan fingerprint density at radius 2 is 1.74 bits per heavy atom. The molecule has 1 aromatic carbocycles. The van der Waals surface area contributed by atoms with E-state index < -0.39 is 5.41 Å². The molecule has 1 aromatic rings. The lowest BCUT2D eigenvalue weighted by Gasteiger charge is -2.60. The monoisotopic (exact) mass is 478 g/mol. The van der Waals surface area contributed by atoms with E-state index in [0.29, 0.717) is 29.5 Å². The maximum Gasteiger partial charge on any atom is 0.315 e. The molecule has 0 N–H and O–H groups in total. The van der Waals surface area contributed by atoms with Crippen LogP contribution in [-0.2, 0) is 20.9 Å². The van der Waals surface area contributed by atoms with E-state index in [1.807, 2.05) is 6.92 Å². The van der Waals surface area contributed by atoms with Crippen LogP contribution in [0.3, 0.4) is 0 Å². The summed E-state index contributed by atoms with van der Waals surface area (Å²) in [6.45, 7) is 12.4. The average molecular weight is 479 g/mol. The van der Waals surface area contributed by atoms with Gasteiger partial charge in [0.2, 0.25) is 0 Å². The molecule has 0 amide bonds. The van der Waals surface area contributed by atoms with Gasteiger partial charge in [-0.1, -0.05) is 55.8 Å². The number of carbonyl (C=O) groups excluding carboxylic acids is 1. The second kappa shape index (κ2) is 9.36. The minimum atomic E-state index is -0.506. The zero-order valence-electron chi connectivity index (χ0n) is 22.6. The standard InChI is InChI=1S/C32H46O3/c1-6-34-29(33)30(2,3)23-16-18-31(4)24(20-23)12-13-25-26-14-15-28(32(26,5)19-17-27(25)31)35-21-22-10-8-7-9-11-22/h7-11,16,24-28H,6,12-15,17-21H2,1-5H3. The lowest BCUT2D eigenvalue weighted by molar-refractivity contribution is -0.152. The van der Waals surface area contributed by atoms with E-state index in [4.69, 9.17) is 9.47 Å². The lowest BCUT2D eigenvalue weighted by Crippen LogP contribution is -2.53. The molecule has 0 heterocycles. The van der Waals surface area contributed by atoms with E-state index in [-0.39, 0.29) is 5.97 Å². The van der Waals surface area contributed by atoms with Gasteiger partial charge in [-0.25, -0.2) is 0 Å². The van der Waals surface area contributed by atoms with Crippen molar-refractivity contribution in [1.29, 1.82) is 0 Å². The van der Waals surface area contributed by atoms with Crippen LogP contribution >= 0.6 is 0 Å². The van der Waals surface area contributed by atoms with E-state index in [1.165, 1.54) is 49.7 Å². The third-order valence-electron chi connectivity index (χ3n) is 11.1. The fourth-order valence-electron chi connectivity index (χ4n) is 8.83. The Morgan fingerprint density at radius 1 is 1.00 bits per heavy atom. The highest BCUT2D eigenvalue weighted by atomic mass is 16.5. The topological polar surface area (TPSA) is 35.5 Å². The Hall–Kier alpha value is -1.61. The first-order chi connectivity index (χ1) is 16.7. The van der Waals surface area contributed by atoms with Crippen LogP contribution in [0, 0.1) is 39.9 Å². The van der Waals surface area contributed by atoms with Gasteiger partial charge < -0.3 is 9.47 Å². The highest BCUT2D eigenvalue weighted by molar-refractivity contribution is 5.79. The quantitative estimate of drug-likeness (QED) is 0.310. The normalized spacial score (nSPS) is 38.7. The molecule has 3 heteroatoms. The number of hydrogen-bond acceptors (Lipinski definition) is 3. The summed E-state index contributed by atoms with van der Waals surface area (Å²) in [4.78, 5) is 12.7. The lowest BCUT2D eigenvalue weighted by atomic mass is 9.45. The fourth-order valence-corrected chi connectivity index (χ4v) is 8.83. The average Bonchev–Trinajstić information content (AvgIpc) is 3.19. The van der Waals surface area contributed by atoms with Crippen molar-refractivity contribution >= 4 is 5.97 Å². The van der Waals surface area contributed by atoms with Crippen LogP contribution in [0.2, 0.25) is 0 Å². The van der Waals surface area contributed by atoms with Gasteiger partial charge in [-0.15, -0.1) is 0 Å². The van der Waals surface area contributed by atoms with Crippen LogP contribution in [0.1, 0.15) is 91.5 Å². The number of fused-ring (bicyclic) bond motifs is 5. The third-order valence-corrected chi connectivity index (χ3v) is 11.1. The minimum absolute atomic E-state index is 0.0653. The van der Waals surface area contributed by atoms with Crippen LogP contribution in [0.15, 0.2) is 42.0 Å². The molecule has 3 nitrogen and oxygen atoms in total. The van der Waals surface area contributed by atoms with Gasteiger partial charge in [0.05, 0.1) is 24.7 Å². The van der Waals surface area contributed by atoms with Crippen molar-refractivity contribution in [3.8, 4) is 0 Å². The Bertz CT molecular complexity index is 949. The SMILES string of the molecule is CCOC(=O)C(C)(C)C1=CCC2(C)C(CCC3C2CCC2(C)C(OCc4ccccc4)CCC32)C1. The minimum Gasteiger partial charge on any atom is -0.465 e. The summed E-state index contributed by atoms with van der Waals surface area (Å²) in [6, 6.07) is 10.7. The number of ether oxygens (including phenoxy) is 2. The number of benzene rings is 1. The van der Waals surface area contributed by atoms with Gasteiger partial charge in [0.1, 0.15) is 0 Å². The van der Waals surface area contributed by atoms with E-state index in [1.54, 1.807) is 0 Å². The molecule has 192 valence electrons. The molecule has 5 rings (SSSR count). The van der Waals surface area contributed by atoms with Crippen molar-refractivity contribution < 1.29 is 14.3 Å². The molecule has 0 aliphatic heterocycles. The number of rotatable bonds is 6. The largest absolute Gasteiger partial charge is 0.465 e. The van der Waals surface area contributed by atoms with Gasteiger partial charge >= 0.3 is 5.97 Å². The summed E-state index contributed by atoms with van der Waals surface area (Å²) in [7, 11) is 0. The van der Waals surface area contributed by atoms with Crippen LogP contribution in [0.4, 0.5) is 0 Å². The van der Waals surface area contributed by atoms with Gasteiger partial charge in [0.15, 0.2) is 0 Å². The first-order valence-electron chi connectivity index (χ1n) is 14.2. The van der Waals surface area contributed by atoms with Crippen LogP contribution in [0.25, 0.3) is 0 Å². The Balaban J connectivity index is 1.30. The van der Waals surface area contributed by atoms with Gasteiger partial charge in [-0.05, 0) is 112 Å². The van der Waals surface area contributed by atoms with Gasteiger partial charge in [0.25, 0.3) is 0 Å². The van der Waals surface area contributed by atoms with Crippen molar-refractivity contribution in [3.05, 3.63) is 47.5 Å². The molecular formula is C32H46O3. The fraction of sp³-hybridized carbons (Fsp3) is 0.719. The van der Waals surface area contributed by atoms with E-state index in [0.717, 1.165) is 37.2 Å². The second-order valence-electron chi connectivity index (χ2n) is 13.0. The highest BCUT2D eigenvalue weighted by Gasteiger charge is 2.60. The maximum absolute atomic E-state index is 12.7. The van der Waals surface area contributed by atoms with E-state index >= 15 is 0 Å². The summed E-state index contributed by atoms with van der Waals surface area (Å²) in [5, 5.41) is 0. The number of allylic oxidation sites excluding steroid dienone is 1. The van der Waals surface area contributed by atoms with Gasteiger partial charge in [0, 0.05) is 0 Å². The van der Waals surface area contributed by atoms with Crippen LogP contribution in [0.5, 0.6) is 0 Å². The molecule has 4 aliphatic carbocycles. The third kappa shape index (κ3) is 4.20. The maximum atomic E-state index is 12.7. The first-order valence-corrected chi connectivity index (χ1v) is 14.2. The zero-order chi connectivity index (χ0) is 24.8. The predicted octanol–water partition coefficient (Wildman–Crippen LogP) is 7.74. The molecule has 0 bridgehead atoms. The molecule has 4 aliphatic rings. The summed E-state index contributed by atoms with van der Waals surface area (Å²) < 4.78 is 12.0. The van der Waals surface area contributed by atoms with Gasteiger partial charge in [-0.3, -0.25) is 4.79 Å². The molecule has 0 aromatic heterocycles. The van der Waals surface area contributed by atoms with Crippen molar-refractivity contribution in [2.24, 2.45) is 39.9 Å². The summed E-state index contributed by atoms with van der Waals surface area (Å²) >= 11 is 0. The molecule has 3 saturated carbocycles.